The molecule has 1 aromatic rings. The van der Waals surface area contributed by atoms with Crippen molar-refractivity contribution in [1.82, 2.24) is 0 Å². The third kappa shape index (κ3) is 4.87. The van der Waals surface area contributed by atoms with Crippen LogP contribution in [0.3, 0.4) is 0 Å². The molecule has 9 heteroatoms. The minimum atomic E-state index is -5.66. The standard InChI is InChI=1S/C16H19F3O5S/c1-11(20)23-15(2)9-7-13(8-10-15)12-3-5-14(6-4-12)24-25(21,22)16(17,18)19/h3-6,13H,7-10H2,1-2H3/t13-,15-. The number of alkyl halides is 3. The van der Waals surface area contributed by atoms with E-state index < -0.39 is 21.2 Å². The van der Waals surface area contributed by atoms with E-state index in [0.29, 0.717) is 12.8 Å². The molecule has 0 heterocycles. The lowest BCUT2D eigenvalue weighted by molar-refractivity contribution is -0.158. The van der Waals surface area contributed by atoms with E-state index in [9.17, 15) is 26.4 Å². The number of carbonyl (C=O) groups is 1. The third-order valence-electron chi connectivity index (χ3n) is 4.27. The Kier molecular flexibility index (Phi) is 5.36. The van der Waals surface area contributed by atoms with Gasteiger partial charge in [-0.3, -0.25) is 4.79 Å². The van der Waals surface area contributed by atoms with Crippen molar-refractivity contribution in [3.8, 4) is 5.75 Å². The molecule has 0 aromatic heterocycles. The summed E-state index contributed by atoms with van der Waals surface area (Å²) in [6.45, 7) is 3.24. The molecule has 1 fully saturated rings. The first-order valence-corrected chi connectivity index (χ1v) is 9.13. The SMILES string of the molecule is CC(=O)O[C@]1(C)CC[C@@H](c2ccc(OS(=O)(=O)C(F)(F)F)cc2)CC1. The minimum absolute atomic E-state index is 0.164. The summed E-state index contributed by atoms with van der Waals surface area (Å²) < 4.78 is 68.3. The number of hydrogen-bond acceptors (Lipinski definition) is 5. The molecule has 0 saturated heterocycles. The first-order valence-electron chi connectivity index (χ1n) is 7.72. The first kappa shape index (κ1) is 19.6. The molecule has 1 saturated carbocycles. The molecule has 0 amide bonds. The normalized spacial score (nSPS) is 24.6. The zero-order valence-electron chi connectivity index (χ0n) is 13.8. The fraction of sp³-hybridized carbons (Fsp3) is 0.562. The minimum Gasteiger partial charge on any atom is -0.460 e. The lowest BCUT2D eigenvalue weighted by Crippen LogP contribution is -2.35. The van der Waals surface area contributed by atoms with Gasteiger partial charge in [-0.25, -0.2) is 0 Å². The predicted molar refractivity (Wildman–Crippen MR) is 83.4 cm³/mol. The molecule has 0 N–H and O–H groups in total. The highest BCUT2D eigenvalue weighted by Gasteiger charge is 2.48. The van der Waals surface area contributed by atoms with Crippen molar-refractivity contribution in [2.45, 2.75) is 56.6 Å². The van der Waals surface area contributed by atoms with Crippen LogP contribution in [0.25, 0.3) is 0 Å². The lowest BCUT2D eigenvalue weighted by atomic mass is 9.77. The Morgan fingerprint density at radius 1 is 1.16 bits per heavy atom. The Labute approximate surface area is 144 Å². The molecule has 1 aliphatic carbocycles. The second-order valence-electron chi connectivity index (χ2n) is 6.37. The highest BCUT2D eigenvalue weighted by Crippen LogP contribution is 2.40. The monoisotopic (exact) mass is 380 g/mol. The Morgan fingerprint density at radius 2 is 1.68 bits per heavy atom. The van der Waals surface area contributed by atoms with Crippen LogP contribution >= 0.6 is 0 Å². The van der Waals surface area contributed by atoms with Gasteiger partial charge in [-0.2, -0.15) is 21.6 Å². The highest BCUT2D eigenvalue weighted by atomic mass is 32.2. The number of esters is 1. The van der Waals surface area contributed by atoms with E-state index in [1.54, 1.807) is 12.1 Å². The number of ether oxygens (including phenoxy) is 1. The van der Waals surface area contributed by atoms with Crippen molar-refractivity contribution >= 4 is 16.1 Å². The van der Waals surface area contributed by atoms with Crippen molar-refractivity contribution in [2.24, 2.45) is 0 Å². The van der Waals surface area contributed by atoms with E-state index in [0.717, 1.165) is 18.4 Å². The number of benzene rings is 1. The summed E-state index contributed by atoms with van der Waals surface area (Å²) >= 11 is 0. The number of carbonyl (C=O) groups excluding carboxylic acids is 1. The van der Waals surface area contributed by atoms with Crippen LogP contribution in [0, 0.1) is 0 Å². The number of rotatable bonds is 4. The summed E-state index contributed by atoms with van der Waals surface area (Å²) in [6.07, 6.45) is 2.87. The molecule has 0 radical (unpaired) electrons. The van der Waals surface area contributed by atoms with Crippen LogP contribution in [0.15, 0.2) is 24.3 Å². The van der Waals surface area contributed by atoms with E-state index in [-0.39, 0.29) is 17.6 Å². The third-order valence-corrected chi connectivity index (χ3v) is 5.25. The van der Waals surface area contributed by atoms with Gasteiger partial charge in [0.1, 0.15) is 11.4 Å². The maximum absolute atomic E-state index is 12.3. The van der Waals surface area contributed by atoms with Crippen molar-refractivity contribution in [3.63, 3.8) is 0 Å². The summed E-state index contributed by atoms with van der Waals surface area (Å²) in [6, 6.07) is 5.53. The summed E-state index contributed by atoms with van der Waals surface area (Å²) in [7, 11) is -5.66. The molecular formula is C16H19F3O5S. The molecule has 0 unspecified atom stereocenters. The molecule has 0 aliphatic heterocycles. The maximum Gasteiger partial charge on any atom is 0.534 e. The second-order valence-corrected chi connectivity index (χ2v) is 7.91. The molecule has 0 atom stereocenters. The average Bonchev–Trinajstić information content (AvgIpc) is 2.46. The summed E-state index contributed by atoms with van der Waals surface area (Å²) in [4.78, 5) is 11.1. The van der Waals surface area contributed by atoms with Gasteiger partial charge in [0.25, 0.3) is 0 Å². The van der Waals surface area contributed by atoms with E-state index in [4.69, 9.17) is 4.74 Å². The largest absolute Gasteiger partial charge is 0.534 e. The summed E-state index contributed by atoms with van der Waals surface area (Å²) in [5, 5.41) is 0. The Morgan fingerprint density at radius 3 is 2.12 bits per heavy atom. The zero-order valence-corrected chi connectivity index (χ0v) is 14.6. The molecule has 5 nitrogen and oxygen atoms in total. The van der Waals surface area contributed by atoms with Crippen LogP contribution in [-0.4, -0.2) is 25.5 Å². The van der Waals surface area contributed by atoms with E-state index in [1.807, 2.05) is 6.92 Å². The van der Waals surface area contributed by atoms with Gasteiger partial charge in [0.15, 0.2) is 0 Å². The first-order chi connectivity index (χ1) is 11.4. The highest BCUT2D eigenvalue weighted by molar-refractivity contribution is 7.88. The fourth-order valence-electron chi connectivity index (χ4n) is 2.98. The quantitative estimate of drug-likeness (QED) is 0.450. The van der Waals surface area contributed by atoms with Gasteiger partial charge < -0.3 is 8.92 Å². The lowest BCUT2D eigenvalue weighted by Gasteiger charge is -2.36. The smallest absolute Gasteiger partial charge is 0.460 e. The molecule has 2 rings (SSSR count). The van der Waals surface area contributed by atoms with Crippen molar-refractivity contribution in [1.29, 1.82) is 0 Å². The summed E-state index contributed by atoms with van der Waals surface area (Å²) in [5.74, 6) is -0.549. The van der Waals surface area contributed by atoms with Crippen LogP contribution in [0.5, 0.6) is 5.75 Å². The predicted octanol–water partition coefficient (Wildman–Crippen LogP) is 3.89. The van der Waals surface area contributed by atoms with E-state index in [1.165, 1.54) is 19.1 Å². The molecule has 25 heavy (non-hydrogen) atoms. The number of halogens is 3. The number of hydrogen-bond donors (Lipinski definition) is 0. The Hall–Kier alpha value is -1.77. The molecule has 0 bridgehead atoms. The van der Waals surface area contributed by atoms with Gasteiger partial charge >= 0.3 is 21.6 Å². The van der Waals surface area contributed by atoms with Gasteiger partial charge in [0.05, 0.1) is 0 Å². The molecule has 1 aromatic carbocycles. The molecular weight excluding hydrogens is 361 g/mol. The van der Waals surface area contributed by atoms with Crippen molar-refractivity contribution in [3.05, 3.63) is 29.8 Å². The van der Waals surface area contributed by atoms with Crippen LogP contribution in [0.1, 0.15) is 51.0 Å². The van der Waals surface area contributed by atoms with Gasteiger partial charge in [-0.15, -0.1) is 0 Å². The van der Waals surface area contributed by atoms with Gasteiger partial charge in [0, 0.05) is 6.92 Å². The molecule has 1 aliphatic rings. The van der Waals surface area contributed by atoms with Crippen LogP contribution in [0.2, 0.25) is 0 Å². The zero-order chi connectivity index (χ0) is 18.9. The van der Waals surface area contributed by atoms with Crippen LogP contribution < -0.4 is 4.18 Å². The van der Waals surface area contributed by atoms with Crippen LogP contribution in [0.4, 0.5) is 13.2 Å². The van der Waals surface area contributed by atoms with Crippen LogP contribution in [-0.2, 0) is 19.6 Å². The molecule has 140 valence electrons. The van der Waals surface area contributed by atoms with E-state index in [2.05, 4.69) is 4.18 Å². The second kappa shape index (κ2) is 6.86. The Bertz CT molecular complexity index is 717. The van der Waals surface area contributed by atoms with Crippen molar-refractivity contribution in [2.75, 3.05) is 0 Å². The molecule has 0 spiro atoms. The Balaban J connectivity index is 2.01. The summed E-state index contributed by atoms with van der Waals surface area (Å²) in [5.41, 5.74) is -5.08. The van der Waals surface area contributed by atoms with Gasteiger partial charge in [-0.05, 0) is 56.2 Å². The maximum atomic E-state index is 12.3. The average molecular weight is 380 g/mol. The fourth-order valence-corrected chi connectivity index (χ4v) is 3.44. The van der Waals surface area contributed by atoms with Gasteiger partial charge in [0.2, 0.25) is 0 Å². The van der Waals surface area contributed by atoms with E-state index >= 15 is 0 Å². The van der Waals surface area contributed by atoms with Gasteiger partial charge in [-0.1, -0.05) is 12.1 Å². The van der Waals surface area contributed by atoms with Crippen molar-refractivity contribution < 1.29 is 35.3 Å². The topological polar surface area (TPSA) is 69.7 Å².